The summed E-state index contributed by atoms with van der Waals surface area (Å²) in [6.07, 6.45) is 0. The monoisotopic (exact) mass is 877 g/mol. The molecule has 0 saturated heterocycles. The Balaban J connectivity index is 0.951. The minimum absolute atomic E-state index is 0.394. The van der Waals surface area contributed by atoms with Crippen LogP contribution in [0, 0.1) is 0 Å². The molecule has 0 aromatic heterocycles. The van der Waals surface area contributed by atoms with Crippen LogP contribution in [0.25, 0.3) is 44.5 Å². The van der Waals surface area contributed by atoms with Crippen LogP contribution in [0.2, 0.25) is 0 Å². The molecule has 11 aromatic carbocycles. The Morgan fingerprint density at radius 2 is 0.580 bits per heavy atom. The fraction of sp³-hybridized carbons (Fsp3) is 0.0294. The normalized spacial score (nSPS) is 12.8. The molecule has 0 heterocycles. The highest BCUT2D eigenvalue weighted by Gasteiger charge is 2.51. The third kappa shape index (κ3) is 6.32. The molecule has 0 radical (unpaired) electrons. The van der Waals surface area contributed by atoms with Crippen LogP contribution in [0.1, 0.15) is 44.5 Å². The van der Waals surface area contributed by atoms with Gasteiger partial charge < -0.3 is 4.90 Å². The first kappa shape index (κ1) is 40.5. The number of anilines is 3. The van der Waals surface area contributed by atoms with E-state index in [1.165, 1.54) is 83.5 Å². The van der Waals surface area contributed by atoms with Gasteiger partial charge in [-0.2, -0.15) is 0 Å². The van der Waals surface area contributed by atoms with Gasteiger partial charge in [0.1, 0.15) is 0 Å². The Hall–Kier alpha value is -8.78. The molecule has 0 fully saturated rings. The fourth-order valence-electron chi connectivity index (χ4n) is 11.9. The third-order valence-electron chi connectivity index (χ3n) is 14.8. The highest BCUT2D eigenvalue weighted by Crippen LogP contribution is 2.63. The van der Waals surface area contributed by atoms with Crippen molar-refractivity contribution in [3.63, 3.8) is 0 Å². The van der Waals surface area contributed by atoms with Crippen molar-refractivity contribution < 1.29 is 0 Å². The van der Waals surface area contributed by atoms with Crippen LogP contribution in [0.3, 0.4) is 0 Å². The first-order chi connectivity index (χ1) is 34.2. The van der Waals surface area contributed by atoms with Gasteiger partial charge in [-0.1, -0.05) is 243 Å². The lowest BCUT2D eigenvalue weighted by molar-refractivity contribution is 0.745. The molecular weight excluding hydrogens is 831 g/mol. The number of benzene rings is 11. The van der Waals surface area contributed by atoms with Crippen molar-refractivity contribution in [3.05, 3.63) is 330 Å². The van der Waals surface area contributed by atoms with Crippen LogP contribution in [-0.4, -0.2) is 0 Å². The Morgan fingerprint density at radius 3 is 1.07 bits per heavy atom. The molecule has 13 rings (SSSR count). The van der Waals surface area contributed by atoms with E-state index in [1.54, 1.807) is 0 Å². The molecule has 0 saturated carbocycles. The molecule has 69 heavy (non-hydrogen) atoms. The standard InChI is InChI=1S/C68H47N/c1-5-20-48(21-6-1)49-36-40-56(41-37-49)69(58-44-45-66-62(47-58)61-32-15-18-35-65(61)68(66)63-33-16-13-30-59(63)60-31-14-17-34-64(60)68)57-42-38-50(39-43-57)51-22-19-29-55(46-51)67(52-23-7-2-8-24-52,53-25-9-3-10-26-53)54-27-11-4-12-28-54/h1-47H. The lowest BCUT2D eigenvalue weighted by Crippen LogP contribution is -2.31. The predicted molar refractivity (Wildman–Crippen MR) is 287 cm³/mol. The SMILES string of the molecule is c1ccc(-c2ccc(N(c3ccc(-c4cccc(C(c5ccccc5)(c5ccccc5)c5ccccc5)c4)cc3)c3ccc4c(c3)-c3ccccc3C43c4ccccc4-c4ccccc43)cc2)cc1. The molecule has 2 aliphatic rings. The van der Waals surface area contributed by atoms with Crippen molar-refractivity contribution in [1.82, 2.24) is 0 Å². The zero-order valence-electron chi connectivity index (χ0n) is 38.1. The van der Waals surface area contributed by atoms with Gasteiger partial charge in [0, 0.05) is 17.1 Å². The first-order valence-electron chi connectivity index (χ1n) is 24.0. The van der Waals surface area contributed by atoms with Gasteiger partial charge in [-0.15, -0.1) is 0 Å². The van der Waals surface area contributed by atoms with Gasteiger partial charge in [-0.05, 0) is 131 Å². The van der Waals surface area contributed by atoms with Crippen LogP contribution < -0.4 is 4.90 Å². The summed E-state index contributed by atoms with van der Waals surface area (Å²) >= 11 is 0. The molecule has 0 N–H and O–H groups in total. The smallest absolute Gasteiger partial charge is 0.0725 e. The molecule has 324 valence electrons. The van der Waals surface area contributed by atoms with Gasteiger partial charge in [0.05, 0.1) is 10.8 Å². The Bertz CT molecular complexity index is 3490. The van der Waals surface area contributed by atoms with Crippen LogP contribution in [-0.2, 0) is 10.8 Å². The largest absolute Gasteiger partial charge is 0.310 e. The summed E-state index contributed by atoms with van der Waals surface area (Å²) in [5, 5.41) is 0. The molecule has 1 nitrogen and oxygen atoms in total. The first-order valence-corrected chi connectivity index (χ1v) is 24.0. The Morgan fingerprint density at radius 1 is 0.232 bits per heavy atom. The molecule has 2 aliphatic carbocycles. The van der Waals surface area contributed by atoms with Gasteiger partial charge in [0.15, 0.2) is 0 Å². The van der Waals surface area contributed by atoms with Gasteiger partial charge in [0.25, 0.3) is 0 Å². The number of fused-ring (bicyclic) bond motifs is 10. The summed E-state index contributed by atoms with van der Waals surface area (Å²) in [6.45, 7) is 0. The lowest BCUT2D eigenvalue weighted by atomic mass is 9.65. The van der Waals surface area contributed by atoms with Crippen LogP contribution in [0.4, 0.5) is 17.1 Å². The van der Waals surface area contributed by atoms with Crippen molar-refractivity contribution in [2.24, 2.45) is 0 Å². The Kier molecular flexibility index (Phi) is 9.70. The number of hydrogen-bond acceptors (Lipinski definition) is 1. The van der Waals surface area contributed by atoms with E-state index >= 15 is 0 Å². The van der Waals surface area contributed by atoms with E-state index < -0.39 is 10.8 Å². The van der Waals surface area contributed by atoms with Gasteiger partial charge in [0.2, 0.25) is 0 Å². The second-order valence-electron chi connectivity index (χ2n) is 18.3. The highest BCUT2D eigenvalue weighted by atomic mass is 15.1. The van der Waals surface area contributed by atoms with E-state index in [0.717, 1.165) is 22.6 Å². The van der Waals surface area contributed by atoms with Crippen molar-refractivity contribution in [2.45, 2.75) is 10.8 Å². The number of rotatable bonds is 9. The van der Waals surface area contributed by atoms with Crippen molar-refractivity contribution in [2.75, 3.05) is 4.90 Å². The van der Waals surface area contributed by atoms with Crippen molar-refractivity contribution in [3.8, 4) is 44.5 Å². The summed E-state index contributed by atoms with van der Waals surface area (Å²) in [6, 6.07) is 105. The molecule has 11 aromatic rings. The number of hydrogen-bond donors (Lipinski definition) is 0. The third-order valence-corrected chi connectivity index (χ3v) is 14.8. The highest BCUT2D eigenvalue weighted by molar-refractivity contribution is 5.96. The van der Waals surface area contributed by atoms with Crippen LogP contribution in [0.15, 0.2) is 285 Å². The summed E-state index contributed by atoms with van der Waals surface area (Å²) < 4.78 is 0. The minimum Gasteiger partial charge on any atom is -0.310 e. The van der Waals surface area contributed by atoms with Crippen LogP contribution >= 0.6 is 0 Å². The second kappa shape index (κ2) is 16.5. The van der Waals surface area contributed by atoms with E-state index in [4.69, 9.17) is 0 Å². The lowest BCUT2D eigenvalue weighted by Gasteiger charge is -2.37. The maximum Gasteiger partial charge on any atom is 0.0725 e. The quantitative estimate of drug-likeness (QED) is 0.131. The summed E-state index contributed by atoms with van der Waals surface area (Å²) in [4.78, 5) is 2.42. The molecule has 0 unspecified atom stereocenters. The van der Waals surface area contributed by atoms with Crippen molar-refractivity contribution in [1.29, 1.82) is 0 Å². The average Bonchev–Trinajstić information content (AvgIpc) is 3.90. The van der Waals surface area contributed by atoms with Gasteiger partial charge in [-0.25, -0.2) is 0 Å². The van der Waals surface area contributed by atoms with Crippen molar-refractivity contribution >= 4 is 17.1 Å². The van der Waals surface area contributed by atoms with E-state index in [2.05, 4.69) is 290 Å². The van der Waals surface area contributed by atoms with E-state index in [1.807, 2.05) is 0 Å². The zero-order valence-corrected chi connectivity index (χ0v) is 38.1. The van der Waals surface area contributed by atoms with E-state index in [-0.39, 0.29) is 0 Å². The van der Waals surface area contributed by atoms with Gasteiger partial charge in [-0.3, -0.25) is 0 Å². The molecule has 1 heteroatoms. The molecule has 0 bridgehead atoms. The van der Waals surface area contributed by atoms with Gasteiger partial charge >= 0.3 is 0 Å². The minimum atomic E-state index is -0.532. The predicted octanol–water partition coefficient (Wildman–Crippen LogP) is 17.2. The summed E-state index contributed by atoms with van der Waals surface area (Å²) in [5.41, 5.74) is 22.6. The maximum atomic E-state index is 2.44. The zero-order chi connectivity index (χ0) is 45.8. The molecular formula is C68H47N. The topological polar surface area (TPSA) is 3.24 Å². The van der Waals surface area contributed by atoms with E-state index in [0.29, 0.717) is 0 Å². The summed E-state index contributed by atoms with van der Waals surface area (Å²) in [5.74, 6) is 0. The fourth-order valence-corrected chi connectivity index (χ4v) is 11.9. The Labute approximate surface area is 404 Å². The molecule has 0 atom stereocenters. The van der Waals surface area contributed by atoms with E-state index in [9.17, 15) is 0 Å². The second-order valence-corrected chi connectivity index (χ2v) is 18.3. The molecule has 0 aliphatic heterocycles. The summed E-state index contributed by atoms with van der Waals surface area (Å²) in [7, 11) is 0. The maximum absolute atomic E-state index is 2.44. The van der Waals surface area contributed by atoms with Crippen LogP contribution in [0.5, 0.6) is 0 Å². The number of nitrogens with zero attached hydrogens (tertiary/aromatic N) is 1. The molecule has 0 amide bonds. The average molecular weight is 878 g/mol. The molecule has 1 spiro atoms.